The van der Waals surface area contributed by atoms with Crippen molar-refractivity contribution in [1.29, 1.82) is 0 Å². The molecule has 0 radical (unpaired) electrons. The van der Waals surface area contributed by atoms with Gasteiger partial charge in [-0.3, -0.25) is 0 Å². The first-order valence-electron chi connectivity index (χ1n) is 3.72. The highest BCUT2D eigenvalue weighted by molar-refractivity contribution is 7.92. The molecule has 0 unspecified atom stereocenters. The zero-order valence-corrected chi connectivity index (χ0v) is 8.16. The first kappa shape index (κ1) is 10.2. The summed E-state index contributed by atoms with van der Waals surface area (Å²) in [5.41, 5.74) is 0. The zero-order valence-electron chi connectivity index (χ0n) is 6.52. The number of nitrogens with one attached hydrogen (secondary N) is 1. The van der Waals surface area contributed by atoms with Crippen molar-refractivity contribution < 1.29 is 13.2 Å². The smallest absolute Gasteiger partial charge is 0.163 e. The molecular formula is C6H12ClNO3S. The molecule has 72 valence electrons. The predicted molar refractivity (Wildman–Crippen MR) is 47.4 cm³/mol. The van der Waals surface area contributed by atoms with Crippen molar-refractivity contribution in [2.24, 2.45) is 0 Å². The Bertz CT molecular complexity index is 226. The molecule has 0 aliphatic carbocycles. The van der Waals surface area contributed by atoms with E-state index in [2.05, 4.69) is 5.32 Å². The van der Waals surface area contributed by atoms with Gasteiger partial charge in [-0.25, -0.2) is 8.42 Å². The Morgan fingerprint density at radius 3 is 2.00 bits per heavy atom. The van der Waals surface area contributed by atoms with Crippen LogP contribution in [0.25, 0.3) is 0 Å². The standard InChI is InChI=1S/C6H11NO3S.ClH/c8-11(9,5-1-7-2-5)6-3-10-4-6;/h5-7H,1-4H2;1H. The van der Waals surface area contributed by atoms with Crippen LogP contribution in [0.4, 0.5) is 0 Å². The normalized spacial score (nSPS) is 25.3. The van der Waals surface area contributed by atoms with E-state index in [0.717, 1.165) is 0 Å². The molecule has 2 rings (SSSR count). The molecule has 6 heteroatoms. The third-order valence-electron chi connectivity index (χ3n) is 2.28. The molecule has 2 aliphatic heterocycles. The molecule has 12 heavy (non-hydrogen) atoms. The molecule has 2 heterocycles. The van der Waals surface area contributed by atoms with Crippen molar-refractivity contribution in [2.75, 3.05) is 26.3 Å². The number of hydrogen-bond donors (Lipinski definition) is 1. The molecule has 0 spiro atoms. The van der Waals surface area contributed by atoms with Gasteiger partial charge in [-0.05, 0) is 0 Å². The Morgan fingerprint density at radius 1 is 1.17 bits per heavy atom. The number of hydrogen-bond acceptors (Lipinski definition) is 4. The van der Waals surface area contributed by atoms with Crippen molar-refractivity contribution in [3.05, 3.63) is 0 Å². The summed E-state index contributed by atoms with van der Waals surface area (Å²) >= 11 is 0. The summed E-state index contributed by atoms with van der Waals surface area (Å²) < 4.78 is 27.8. The van der Waals surface area contributed by atoms with E-state index in [4.69, 9.17) is 4.74 Å². The van der Waals surface area contributed by atoms with E-state index in [1.165, 1.54) is 0 Å². The molecule has 0 bridgehead atoms. The van der Waals surface area contributed by atoms with Crippen LogP contribution in [0.5, 0.6) is 0 Å². The highest BCUT2D eigenvalue weighted by atomic mass is 35.5. The third-order valence-corrected chi connectivity index (χ3v) is 4.74. The lowest BCUT2D eigenvalue weighted by Crippen LogP contribution is -2.57. The summed E-state index contributed by atoms with van der Waals surface area (Å²) in [7, 11) is -2.85. The molecule has 4 nitrogen and oxygen atoms in total. The van der Waals surface area contributed by atoms with E-state index < -0.39 is 9.84 Å². The van der Waals surface area contributed by atoms with Crippen LogP contribution < -0.4 is 5.32 Å². The summed E-state index contributed by atoms with van der Waals surface area (Å²) in [5.74, 6) is 0. The zero-order chi connectivity index (χ0) is 7.90. The van der Waals surface area contributed by atoms with Crippen LogP contribution in [0.2, 0.25) is 0 Å². The molecule has 0 atom stereocenters. The molecule has 0 amide bonds. The Morgan fingerprint density at radius 2 is 1.75 bits per heavy atom. The Hall–Kier alpha value is 0.160. The summed E-state index contributed by atoms with van der Waals surface area (Å²) in [6.45, 7) is 2.05. The highest BCUT2D eigenvalue weighted by Gasteiger charge is 2.41. The fourth-order valence-electron chi connectivity index (χ4n) is 1.17. The third kappa shape index (κ3) is 1.46. The Kier molecular flexibility index (Phi) is 2.98. The van der Waals surface area contributed by atoms with Gasteiger partial charge in [-0.1, -0.05) is 0 Å². The predicted octanol–water partition coefficient (Wildman–Crippen LogP) is -0.806. The topological polar surface area (TPSA) is 55.4 Å². The Balaban J connectivity index is 0.000000720. The monoisotopic (exact) mass is 213 g/mol. The minimum absolute atomic E-state index is 0. The fourth-order valence-corrected chi connectivity index (χ4v) is 2.99. The fraction of sp³-hybridized carbons (Fsp3) is 1.00. The lowest BCUT2D eigenvalue weighted by molar-refractivity contribution is 0.0409. The van der Waals surface area contributed by atoms with Crippen molar-refractivity contribution >= 4 is 22.2 Å². The maximum Gasteiger partial charge on any atom is 0.163 e. The van der Waals surface area contributed by atoms with Gasteiger partial charge in [0.05, 0.1) is 18.5 Å². The van der Waals surface area contributed by atoms with Gasteiger partial charge in [0.2, 0.25) is 0 Å². The van der Waals surface area contributed by atoms with E-state index >= 15 is 0 Å². The summed E-state index contributed by atoms with van der Waals surface area (Å²) in [5, 5.41) is 2.59. The van der Waals surface area contributed by atoms with Crippen LogP contribution in [-0.2, 0) is 14.6 Å². The van der Waals surface area contributed by atoms with Crippen LogP contribution >= 0.6 is 12.4 Å². The van der Waals surface area contributed by atoms with Gasteiger partial charge in [-0.15, -0.1) is 12.4 Å². The summed E-state index contributed by atoms with van der Waals surface area (Å²) in [6.07, 6.45) is 0. The summed E-state index contributed by atoms with van der Waals surface area (Å²) in [4.78, 5) is 0. The minimum Gasteiger partial charge on any atom is -0.379 e. The number of rotatable bonds is 2. The second kappa shape index (κ2) is 3.49. The van der Waals surface area contributed by atoms with Gasteiger partial charge >= 0.3 is 0 Å². The highest BCUT2D eigenvalue weighted by Crippen LogP contribution is 2.19. The second-order valence-corrected chi connectivity index (χ2v) is 5.54. The van der Waals surface area contributed by atoms with Crippen molar-refractivity contribution in [3.8, 4) is 0 Å². The molecule has 0 saturated carbocycles. The first-order chi connectivity index (χ1) is 5.21. The van der Waals surface area contributed by atoms with Crippen molar-refractivity contribution in [1.82, 2.24) is 5.32 Å². The maximum atomic E-state index is 11.5. The van der Waals surface area contributed by atoms with Crippen molar-refractivity contribution in [2.45, 2.75) is 10.5 Å². The maximum absolute atomic E-state index is 11.5. The van der Waals surface area contributed by atoms with Crippen molar-refractivity contribution in [3.63, 3.8) is 0 Å². The van der Waals surface area contributed by atoms with E-state index in [9.17, 15) is 8.42 Å². The van der Waals surface area contributed by atoms with Gasteiger partial charge in [0, 0.05) is 13.1 Å². The lowest BCUT2D eigenvalue weighted by Gasteiger charge is -2.34. The quantitative estimate of drug-likeness (QED) is 0.652. The molecular weight excluding hydrogens is 202 g/mol. The largest absolute Gasteiger partial charge is 0.379 e. The molecule has 0 aromatic heterocycles. The van der Waals surface area contributed by atoms with E-state index in [-0.39, 0.29) is 22.9 Å². The van der Waals surface area contributed by atoms with E-state index in [0.29, 0.717) is 26.3 Å². The molecule has 0 aromatic rings. The van der Waals surface area contributed by atoms with Crippen LogP contribution in [0, 0.1) is 0 Å². The lowest BCUT2D eigenvalue weighted by atomic mass is 10.3. The van der Waals surface area contributed by atoms with Gasteiger partial charge in [0.25, 0.3) is 0 Å². The molecule has 2 saturated heterocycles. The summed E-state index contributed by atoms with van der Waals surface area (Å²) in [6, 6.07) is 0. The second-order valence-electron chi connectivity index (χ2n) is 3.03. The van der Waals surface area contributed by atoms with Gasteiger partial charge in [0.15, 0.2) is 9.84 Å². The molecule has 0 aromatic carbocycles. The van der Waals surface area contributed by atoms with E-state index in [1.807, 2.05) is 0 Å². The number of sulfone groups is 1. The SMILES string of the molecule is Cl.O=S(=O)(C1CNC1)C1COC1. The minimum atomic E-state index is -2.85. The first-order valence-corrected chi connectivity index (χ1v) is 5.33. The van der Waals surface area contributed by atoms with Crippen LogP contribution in [-0.4, -0.2) is 45.2 Å². The number of ether oxygens (including phenoxy) is 1. The van der Waals surface area contributed by atoms with Crippen LogP contribution in [0.1, 0.15) is 0 Å². The van der Waals surface area contributed by atoms with Gasteiger partial charge < -0.3 is 10.1 Å². The molecule has 1 N–H and O–H groups in total. The average molecular weight is 214 g/mol. The van der Waals surface area contributed by atoms with Gasteiger partial charge in [0.1, 0.15) is 5.25 Å². The van der Waals surface area contributed by atoms with Crippen LogP contribution in [0.15, 0.2) is 0 Å². The van der Waals surface area contributed by atoms with Crippen LogP contribution in [0.3, 0.4) is 0 Å². The van der Waals surface area contributed by atoms with Gasteiger partial charge in [-0.2, -0.15) is 0 Å². The molecule has 2 aliphatic rings. The number of halogens is 1. The molecule has 2 fully saturated rings. The average Bonchev–Trinajstić information content (AvgIpc) is 1.46. The Labute approximate surface area is 78.0 Å². The van der Waals surface area contributed by atoms with E-state index in [1.54, 1.807) is 0 Å².